The maximum Gasteiger partial charge on any atom is 0.178 e. The normalized spacial score (nSPS) is 19.6. The van der Waals surface area contributed by atoms with Gasteiger partial charge in [0, 0.05) is 51.7 Å². The second kappa shape index (κ2) is 11.6. The summed E-state index contributed by atoms with van der Waals surface area (Å²) in [5.41, 5.74) is 11.2. The van der Waals surface area contributed by atoms with Crippen molar-refractivity contribution in [2.24, 2.45) is 0 Å². The number of halogens is 2. The third-order valence-electron chi connectivity index (χ3n) is 13.2. The van der Waals surface area contributed by atoms with Crippen LogP contribution in [0.3, 0.4) is 0 Å². The highest BCUT2D eigenvalue weighted by atomic mass is 19.1. The summed E-state index contributed by atoms with van der Waals surface area (Å²) < 4.78 is 43.6. The maximum atomic E-state index is 15.5. The molecule has 0 aromatic heterocycles. The molecular formula is C51H41F2NO2. The van der Waals surface area contributed by atoms with Crippen molar-refractivity contribution in [3.8, 4) is 28.0 Å². The van der Waals surface area contributed by atoms with E-state index in [4.69, 9.17) is 9.47 Å². The van der Waals surface area contributed by atoms with E-state index in [-0.39, 0.29) is 17.0 Å². The minimum atomic E-state index is -1.05. The van der Waals surface area contributed by atoms with Crippen LogP contribution in [0, 0.1) is 11.6 Å². The first-order valence-corrected chi connectivity index (χ1v) is 19.7. The number of hydrogen-bond donors (Lipinski definition) is 0. The van der Waals surface area contributed by atoms with Crippen molar-refractivity contribution in [3.63, 3.8) is 0 Å². The van der Waals surface area contributed by atoms with Gasteiger partial charge in [0.25, 0.3) is 0 Å². The summed E-state index contributed by atoms with van der Waals surface area (Å²) >= 11 is 0. The highest BCUT2D eigenvalue weighted by Crippen LogP contribution is 2.59. The fourth-order valence-corrected chi connectivity index (χ4v) is 10.5. The second-order valence-corrected chi connectivity index (χ2v) is 16.9. The van der Waals surface area contributed by atoms with E-state index in [9.17, 15) is 4.39 Å². The fraction of sp³-hybridized carbons (Fsp3) is 0.216. The third kappa shape index (κ3) is 4.52. The second-order valence-electron chi connectivity index (χ2n) is 16.9. The standard InChI is InChI=1S/C51H41F2NO2/c1-49(2)43-27-32(12-18-37(43)39-17-9-30-7-5-6-8-36(30)46(39)49)51(31-10-15-35(16-11-31)54-23-25-55-26-24-54)22-21-41-47-45(38-19-13-33(52)28-42(38)48(41)56-51)40-20-14-34(53)29-44(40)50(47,3)4/h5-22,27-29H,23-26H2,1-4H3. The molecule has 3 nitrogen and oxygen atoms in total. The predicted molar refractivity (Wildman–Crippen MR) is 223 cm³/mol. The summed E-state index contributed by atoms with van der Waals surface area (Å²) in [5.74, 6) is 0.0300. The Morgan fingerprint density at radius 2 is 1.27 bits per heavy atom. The van der Waals surface area contributed by atoms with Gasteiger partial charge >= 0.3 is 0 Å². The Balaban J connectivity index is 1.15. The Kier molecular flexibility index (Phi) is 6.96. The zero-order chi connectivity index (χ0) is 38.1. The molecule has 0 amide bonds. The van der Waals surface area contributed by atoms with Gasteiger partial charge in [-0.05, 0) is 109 Å². The van der Waals surface area contributed by atoms with Crippen LogP contribution < -0.4 is 9.64 Å². The smallest absolute Gasteiger partial charge is 0.178 e. The van der Waals surface area contributed by atoms with Crippen molar-refractivity contribution in [2.75, 3.05) is 31.2 Å². The lowest BCUT2D eigenvalue weighted by molar-refractivity contribution is 0.122. The van der Waals surface area contributed by atoms with Crippen LogP contribution in [-0.4, -0.2) is 26.3 Å². The Labute approximate surface area is 325 Å². The summed E-state index contributed by atoms with van der Waals surface area (Å²) in [5, 5.41) is 4.10. The van der Waals surface area contributed by atoms with Crippen LogP contribution >= 0.6 is 0 Å². The summed E-state index contributed by atoms with van der Waals surface area (Å²) in [4.78, 5) is 2.36. The van der Waals surface area contributed by atoms with Crippen LogP contribution in [0.1, 0.15) is 66.6 Å². The van der Waals surface area contributed by atoms with Gasteiger partial charge in [-0.3, -0.25) is 0 Å². The minimum absolute atomic E-state index is 0.269. The van der Waals surface area contributed by atoms with Crippen LogP contribution in [0.2, 0.25) is 0 Å². The van der Waals surface area contributed by atoms with Crippen molar-refractivity contribution in [1.82, 2.24) is 0 Å². The van der Waals surface area contributed by atoms with Gasteiger partial charge in [0.2, 0.25) is 0 Å². The van der Waals surface area contributed by atoms with E-state index < -0.39 is 11.0 Å². The van der Waals surface area contributed by atoms with Crippen LogP contribution in [-0.2, 0) is 21.2 Å². The summed E-state index contributed by atoms with van der Waals surface area (Å²) in [7, 11) is 0. The van der Waals surface area contributed by atoms with Crippen LogP contribution in [0.4, 0.5) is 14.5 Å². The van der Waals surface area contributed by atoms with E-state index >= 15 is 4.39 Å². The van der Waals surface area contributed by atoms with E-state index in [1.54, 1.807) is 12.1 Å². The lowest BCUT2D eigenvalue weighted by Crippen LogP contribution is -2.37. The van der Waals surface area contributed by atoms with E-state index in [0.717, 1.165) is 63.1 Å². The van der Waals surface area contributed by atoms with Gasteiger partial charge in [-0.25, -0.2) is 8.78 Å². The average molecular weight is 738 g/mol. The van der Waals surface area contributed by atoms with E-state index in [2.05, 4.69) is 124 Å². The number of ether oxygens (including phenoxy) is 2. The molecule has 7 aromatic carbocycles. The molecule has 7 aromatic rings. The number of nitrogens with zero attached hydrogens (tertiary/aromatic N) is 1. The van der Waals surface area contributed by atoms with Crippen molar-refractivity contribution < 1.29 is 18.3 Å². The third-order valence-corrected chi connectivity index (χ3v) is 13.2. The first-order chi connectivity index (χ1) is 27.1. The molecule has 11 rings (SSSR count). The van der Waals surface area contributed by atoms with Crippen LogP contribution in [0.15, 0.2) is 121 Å². The van der Waals surface area contributed by atoms with Gasteiger partial charge in [0.1, 0.15) is 17.4 Å². The first kappa shape index (κ1) is 33.5. The molecule has 4 aliphatic rings. The zero-order valence-corrected chi connectivity index (χ0v) is 32.0. The molecule has 2 heterocycles. The van der Waals surface area contributed by atoms with Gasteiger partial charge in [-0.2, -0.15) is 0 Å². The van der Waals surface area contributed by atoms with E-state index in [1.807, 2.05) is 12.1 Å². The Morgan fingerprint density at radius 1 is 0.589 bits per heavy atom. The van der Waals surface area contributed by atoms with Gasteiger partial charge in [0.15, 0.2) is 5.60 Å². The van der Waals surface area contributed by atoms with Crippen molar-refractivity contribution in [3.05, 3.63) is 172 Å². The number of anilines is 1. The SMILES string of the molecule is CC1(C)c2cc(F)ccc2-c2c1c1c(c3cc(F)ccc23)OC(c2ccc(N3CCOCC3)cc2)(c2ccc3c(c2)C(C)(C)c2c-3ccc3ccccc23)C=C1. The fourth-order valence-electron chi connectivity index (χ4n) is 10.5. The average Bonchev–Trinajstić information content (AvgIpc) is 3.60. The van der Waals surface area contributed by atoms with Gasteiger partial charge in [-0.15, -0.1) is 0 Å². The molecule has 1 unspecified atom stereocenters. The van der Waals surface area contributed by atoms with Crippen LogP contribution in [0.5, 0.6) is 5.75 Å². The number of benzene rings is 7. The molecule has 1 fully saturated rings. The summed E-state index contributed by atoms with van der Waals surface area (Å²) in [6.07, 6.45) is 4.37. The number of rotatable bonds is 3. The molecule has 0 radical (unpaired) electrons. The lowest BCUT2D eigenvalue weighted by atomic mass is 9.75. The Bertz CT molecular complexity index is 2850. The predicted octanol–water partition coefficient (Wildman–Crippen LogP) is 12.1. The molecule has 2 aliphatic heterocycles. The maximum absolute atomic E-state index is 15.5. The molecule has 56 heavy (non-hydrogen) atoms. The molecule has 0 N–H and O–H groups in total. The molecule has 1 saturated heterocycles. The van der Waals surface area contributed by atoms with Crippen LogP contribution in [0.25, 0.3) is 49.9 Å². The van der Waals surface area contributed by atoms with Gasteiger partial charge in [0.05, 0.1) is 13.2 Å². The monoisotopic (exact) mass is 737 g/mol. The quantitative estimate of drug-likeness (QED) is 0.180. The minimum Gasteiger partial charge on any atom is -0.472 e. The largest absolute Gasteiger partial charge is 0.472 e. The van der Waals surface area contributed by atoms with E-state index in [1.165, 1.54) is 45.2 Å². The molecule has 0 spiro atoms. The van der Waals surface area contributed by atoms with Gasteiger partial charge < -0.3 is 14.4 Å². The van der Waals surface area contributed by atoms with E-state index in [0.29, 0.717) is 24.3 Å². The topological polar surface area (TPSA) is 21.7 Å². The summed E-state index contributed by atoms with van der Waals surface area (Å²) in [6, 6.07) is 38.7. The molecule has 1 atom stereocenters. The van der Waals surface area contributed by atoms with Crippen molar-refractivity contribution in [2.45, 2.75) is 44.1 Å². The molecule has 2 aliphatic carbocycles. The highest BCUT2D eigenvalue weighted by molar-refractivity contribution is 6.08. The molecule has 0 saturated carbocycles. The molecular weight excluding hydrogens is 697 g/mol. The number of morpholine rings is 1. The zero-order valence-electron chi connectivity index (χ0n) is 32.0. The van der Waals surface area contributed by atoms with Gasteiger partial charge in [-0.1, -0.05) is 107 Å². The Morgan fingerprint density at radius 3 is 2.09 bits per heavy atom. The summed E-state index contributed by atoms with van der Waals surface area (Å²) in [6.45, 7) is 12.0. The molecule has 5 heteroatoms. The lowest BCUT2D eigenvalue weighted by Gasteiger charge is -2.39. The molecule has 276 valence electrons. The number of fused-ring (bicyclic) bond motifs is 13. The number of hydrogen-bond acceptors (Lipinski definition) is 3. The first-order valence-electron chi connectivity index (χ1n) is 19.7. The highest BCUT2D eigenvalue weighted by Gasteiger charge is 2.46. The Hall–Kier alpha value is -5.78. The van der Waals surface area contributed by atoms with Crippen molar-refractivity contribution in [1.29, 1.82) is 0 Å². The molecule has 0 bridgehead atoms. The van der Waals surface area contributed by atoms with Crippen molar-refractivity contribution >= 4 is 33.3 Å².